The van der Waals surface area contributed by atoms with Gasteiger partial charge in [-0.1, -0.05) is 24.4 Å². The Labute approximate surface area is 130 Å². The molecular formula is C15H22ClN3O2. The van der Waals surface area contributed by atoms with E-state index < -0.39 is 0 Å². The topological polar surface area (TPSA) is 76.4 Å². The number of anilines is 1. The summed E-state index contributed by atoms with van der Waals surface area (Å²) in [5.74, 6) is 0.239. The average molecular weight is 312 g/mol. The van der Waals surface area contributed by atoms with Crippen molar-refractivity contribution in [3.05, 3.63) is 22.7 Å². The minimum atomic E-state index is -0.195. The Balaban J connectivity index is 2.01. The summed E-state index contributed by atoms with van der Waals surface area (Å²) in [6, 6.07) is 3.44. The average Bonchev–Trinajstić information content (AvgIpc) is 2.75. The van der Waals surface area contributed by atoms with Crippen LogP contribution in [0.3, 0.4) is 0 Å². The molecule has 6 heteroatoms. The molecule has 1 saturated heterocycles. The molecule has 1 atom stereocenters. The molecule has 4 N–H and O–H groups in total. The van der Waals surface area contributed by atoms with Gasteiger partial charge in [0.15, 0.2) is 0 Å². The fourth-order valence-corrected chi connectivity index (χ4v) is 2.67. The zero-order chi connectivity index (χ0) is 15.2. The Kier molecular flexibility index (Phi) is 5.70. The number of nitrogens with one attached hydrogen (secondary N) is 2. The number of nitrogen functional groups attached to an aromatic ring is 1. The van der Waals surface area contributed by atoms with Crippen molar-refractivity contribution in [1.82, 2.24) is 10.6 Å². The third kappa shape index (κ3) is 4.25. The first kappa shape index (κ1) is 15.9. The second kappa shape index (κ2) is 7.52. The summed E-state index contributed by atoms with van der Waals surface area (Å²) >= 11 is 5.98. The summed E-state index contributed by atoms with van der Waals surface area (Å²) in [6.45, 7) is 1.61. The highest BCUT2D eigenvalue weighted by molar-refractivity contribution is 6.33. The fourth-order valence-electron chi connectivity index (χ4n) is 2.50. The van der Waals surface area contributed by atoms with E-state index in [1.165, 1.54) is 26.4 Å². The van der Waals surface area contributed by atoms with E-state index in [9.17, 15) is 4.79 Å². The van der Waals surface area contributed by atoms with Gasteiger partial charge in [-0.3, -0.25) is 4.79 Å². The maximum absolute atomic E-state index is 12.3. The number of carbonyl (C=O) groups is 1. The number of amides is 1. The van der Waals surface area contributed by atoms with Gasteiger partial charge in [0.05, 0.1) is 23.4 Å². The molecule has 1 amide bonds. The summed E-state index contributed by atoms with van der Waals surface area (Å²) < 4.78 is 5.20. The Morgan fingerprint density at radius 2 is 2.29 bits per heavy atom. The zero-order valence-corrected chi connectivity index (χ0v) is 13.0. The Morgan fingerprint density at radius 3 is 3.05 bits per heavy atom. The quantitative estimate of drug-likeness (QED) is 0.745. The van der Waals surface area contributed by atoms with Crippen molar-refractivity contribution in [2.45, 2.75) is 31.7 Å². The van der Waals surface area contributed by atoms with Crippen LogP contribution >= 0.6 is 11.6 Å². The molecule has 1 heterocycles. The highest BCUT2D eigenvalue weighted by Crippen LogP contribution is 2.28. The van der Waals surface area contributed by atoms with Gasteiger partial charge in [-0.25, -0.2) is 0 Å². The molecule has 1 fully saturated rings. The number of hydrogen-bond acceptors (Lipinski definition) is 4. The van der Waals surface area contributed by atoms with Gasteiger partial charge in [0, 0.05) is 18.7 Å². The van der Waals surface area contributed by atoms with Gasteiger partial charge in [-0.15, -0.1) is 0 Å². The Bertz CT molecular complexity index is 500. The summed E-state index contributed by atoms with van der Waals surface area (Å²) in [6.07, 6.45) is 4.73. The molecule has 1 aliphatic heterocycles. The van der Waals surface area contributed by atoms with E-state index >= 15 is 0 Å². The largest absolute Gasteiger partial charge is 0.496 e. The lowest BCUT2D eigenvalue weighted by atomic mass is 10.1. The van der Waals surface area contributed by atoms with Gasteiger partial charge < -0.3 is 21.1 Å². The third-order valence-electron chi connectivity index (χ3n) is 3.73. The second-order valence-electron chi connectivity index (χ2n) is 5.28. The number of rotatable bonds is 4. The van der Waals surface area contributed by atoms with Gasteiger partial charge in [0.25, 0.3) is 5.91 Å². The van der Waals surface area contributed by atoms with E-state index in [0.29, 0.717) is 34.6 Å². The maximum Gasteiger partial charge on any atom is 0.255 e. The number of nitrogens with two attached hydrogens (primary N) is 1. The molecule has 1 aromatic rings. The molecule has 116 valence electrons. The smallest absolute Gasteiger partial charge is 0.255 e. The molecule has 0 aliphatic carbocycles. The van der Waals surface area contributed by atoms with Crippen molar-refractivity contribution in [3.63, 3.8) is 0 Å². The van der Waals surface area contributed by atoms with Crippen molar-refractivity contribution in [2.24, 2.45) is 0 Å². The van der Waals surface area contributed by atoms with Crippen LogP contribution in [0, 0.1) is 0 Å². The van der Waals surface area contributed by atoms with Gasteiger partial charge in [0.2, 0.25) is 0 Å². The van der Waals surface area contributed by atoms with Gasteiger partial charge in [-0.2, -0.15) is 0 Å². The monoisotopic (exact) mass is 311 g/mol. The van der Waals surface area contributed by atoms with E-state index in [1.54, 1.807) is 12.1 Å². The Morgan fingerprint density at radius 1 is 1.48 bits per heavy atom. The summed E-state index contributed by atoms with van der Waals surface area (Å²) in [5, 5.41) is 6.74. The lowest BCUT2D eigenvalue weighted by Gasteiger charge is -2.17. The number of ether oxygens (including phenoxy) is 1. The van der Waals surface area contributed by atoms with E-state index in [2.05, 4.69) is 10.6 Å². The molecule has 2 rings (SSSR count). The molecule has 0 spiro atoms. The predicted molar refractivity (Wildman–Crippen MR) is 85.0 cm³/mol. The highest BCUT2D eigenvalue weighted by Gasteiger charge is 2.17. The van der Waals surface area contributed by atoms with Crippen molar-refractivity contribution in [2.75, 3.05) is 25.9 Å². The molecule has 1 unspecified atom stereocenters. The van der Waals surface area contributed by atoms with Crippen LogP contribution < -0.4 is 21.1 Å². The standard InChI is InChI=1S/C15H22ClN3O2/c1-21-14-8-13(17)12(16)7-11(14)15(20)19-9-10-5-3-2-4-6-18-10/h7-8,10,18H,2-6,9,17H2,1H3,(H,19,20). The molecule has 0 radical (unpaired) electrons. The van der Waals surface area contributed by atoms with E-state index in [-0.39, 0.29) is 5.91 Å². The Hall–Kier alpha value is -1.46. The van der Waals surface area contributed by atoms with E-state index in [1.807, 2.05) is 0 Å². The number of methoxy groups -OCH3 is 1. The van der Waals surface area contributed by atoms with Gasteiger partial charge >= 0.3 is 0 Å². The minimum Gasteiger partial charge on any atom is -0.496 e. The second-order valence-corrected chi connectivity index (χ2v) is 5.69. The van der Waals surface area contributed by atoms with Gasteiger partial charge in [-0.05, 0) is 25.5 Å². The summed E-state index contributed by atoms with van der Waals surface area (Å²) in [7, 11) is 1.51. The third-order valence-corrected chi connectivity index (χ3v) is 4.06. The molecule has 21 heavy (non-hydrogen) atoms. The molecular weight excluding hydrogens is 290 g/mol. The molecule has 0 saturated carbocycles. The van der Waals surface area contributed by atoms with Crippen LogP contribution in [0.25, 0.3) is 0 Å². The van der Waals surface area contributed by atoms with Crippen molar-refractivity contribution < 1.29 is 9.53 Å². The van der Waals surface area contributed by atoms with Crippen molar-refractivity contribution in [3.8, 4) is 5.75 Å². The first-order valence-electron chi connectivity index (χ1n) is 7.26. The summed E-state index contributed by atoms with van der Waals surface area (Å²) in [5.41, 5.74) is 6.53. The van der Waals surface area contributed by atoms with Crippen LogP contribution in [0.1, 0.15) is 36.0 Å². The molecule has 1 aliphatic rings. The zero-order valence-electron chi connectivity index (χ0n) is 12.2. The van der Waals surface area contributed by atoms with Crippen molar-refractivity contribution in [1.29, 1.82) is 0 Å². The van der Waals surface area contributed by atoms with Crippen LogP contribution in [0.15, 0.2) is 12.1 Å². The number of carbonyl (C=O) groups excluding carboxylic acids is 1. The lowest BCUT2D eigenvalue weighted by Crippen LogP contribution is -2.40. The van der Waals surface area contributed by atoms with E-state index in [0.717, 1.165) is 13.0 Å². The lowest BCUT2D eigenvalue weighted by molar-refractivity contribution is 0.0946. The van der Waals surface area contributed by atoms with Crippen LogP contribution in [0.5, 0.6) is 5.75 Å². The molecule has 1 aromatic carbocycles. The van der Waals surface area contributed by atoms with Gasteiger partial charge in [0.1, 0.15) is 5.75 Å². The fraction of sp³-hybridized carbons (Fsp3) is 0.533. The predicted octanol–water partition coefficient (Wildman–Crippen LogP) is 2.19. The molecule has 5 nitrogen and oxygen atoms in total. The SMILES string of the molecule is COc1cc(N)c(Cl)cc1C(=O)NCC1CCCCCN1. The van der Waals surface area contributed by atoms with Crippen LogP contribution in [-0.2, 0) is 0 Å². The van der Waals surface area contributed by atoms with Crippen LogP contribution in [-0.4, -0.2) is 32.1 Å². The summed E-state index contributed by atoms with van der Waals surface area (Å²) in [4.78, 5) is 12.3. The van der Waals surface area contributed by atoms with E-state index in [4.69, 9.17) is 22.1 Å². The number of benzene rings is 1. The first-order valence-corrected chi connectivity index (χ1v) is 7.64. The van der Waals surface area contributed by atoms with Crippen LogP contribution in [0.4, 0.5) is 5.69 Å². The molecule has 0 bridgehead atoms. The number of halogens is 1. The molecule has 0 aromatic heterocycles. The minimum absolute atomic E-state index is 0.195. The normalized spacial score (nSPS) is 18.9. The number of hydrogen-bond donors (Lipinski definition) is 3. The van der Waals surface area contributed by atoms with Crippen molar-refractivity contribution >= 4 is 23.2 Å². The highest BCUT2D eigenvalue weighted by atomic mass is 35.5. The van der Waals surface area contributed by atoms with Crippen LogP contribution in [0.2, 0.25) is 5.02 Å². The maximum atomic E-state index is 12.3. The first-order chi connectivity index (χ1) is 10.1.